The van der Waals surface area contributed by atoms with Gasteiger partial charge in [-0.15, -0.1) is 0 Å². The Morgan fingerprint density at radius 1 is 1.10 bits per heavy atom. The lowest BCUT2D eigenvalue weighted by molar-refractivity contribution is -0.203. The van der Waals surface area contributed by atoms with Crippen LogP contribution < -0.4 is 10.2 Å². The lowest BCUT2D eigenvalue weighted by atomic mass is 9.95. The molecule has 0 bridgehead atoms. The molecule has 0 radical (unpaired) electrons. The number of carbonyl (C=O) groups excluding carboxylic acids is 1. The summed E-state index contributed by atoms with van der Waals surface area (Å²) in [7, 11) is 0. The van der Waals surface area contributed by atoms with E-state index < -0.39 is 23.7 Å². The smallest absolute Gasteiger partial charge is 0.409 e. The molecule has 1 aliphatic rings. The van der Waals surface area contributed by atoms with E-state index in [2.05, 4.69) is 12.3 Å². The van der Waals surface area contributed by atoms with Crippen LogP contribution >= 0.6 is 0 Å². The number of halogens is 3. The summed E-state index contributed by atoms with van der Waals surface area (Å²) in [6.07, 6.45) is -0.0741. The number of hydrazine groups is 1. The van der Waals surface area contributed by atoms with Gasteiger partial charge in [0, 0.05) is 12.0 Å². The molecule has 1 unspecified atom stereocenters. The van der Waals surface area contributed by atoms with Gasteiger partial charge in [-0.3, -0.25) is 10.2 Å². The minimum Gasteiger partial charge on any atom is -0.494 e. The Balaban J connectivity index is 1.84. The molecule has 164 valence electrons. The monoisotopic (exact) mass is 422 g/mol. The molecular weight excluding hydrogens is 393 g/mol. The Kier molecular flexibility index (Phi) is 6.60. The van der Waals surface area contributed by atoms with E-state index in [-0.39, 0.29) is 12.0 Å². The van der Waals surface area contributed by atoms with E-state index in [4.69, 9.17) is 4.74 Å². The fourth-order valence-corrected chi connectivity index (χ4v) is 3.92. The molecule has 0 aromatic heterocycles. The zero-order chi connectivity index (χ0) is 21.9. The fraction of sp³-hybridized carbons (Fsp3) is 0.522. The zero-order valence-electron chi connectivity index (χ0n) is 17.7. The summed E-state index contributed by atoms with van der Waals surface area (Å²) < 4.78 is 47.8. The summed E-state index contributed by atoms with van der Waals surface area (Å²) in [5.41, 5.74) is 1.55. The van der Waals surface area contributed by atoms with Gasteiger partial charge in [-0.2, -0.15) is 18.2 Å². The first-order chi connectivity index (χ1) is 14.1. The molecule has 1 atom stereocenters. The summed E-state index contributed by atoms with van der Waals surface area (Å²) in [6.45, 7) is 6.05. The average Bonchev–Trinajstić information content (AvgIpc) is 2.92. The minimum atomic E-state index is -4.54. The second-order valence-electron chi connectivity index (χ2n) is 8.52. The predicted octanol–water partition coefficient (Wildman–Crippen LogP) is 5.92. The van der Waals surface area contributed by atoms with Crippen LogP contribution in [0.4, 0.5) is 13.2 Å². The van der Waals surface area contributed by atoms with E-state index in [1.807, 2.05) is 6.07 Å². The van der Waals surface area contributed by atoms with Gasteiger partial charge in [0.1, 0.15) is 5.75 Å². The largest absolute Gasteiger partial charge is 0.494 e. The van der Waals surface area contributed by atoms with Crippen molar-refractivity contribution in [3.05, 3.63) is 42.0 Å². The molecule has 0 saturated carbocycles. The molecule has 1 saturated heterocycles. The first-order valence-corrected chi connectivity index (χ1v) is 10.4. The second-order valence-corrected chi connectivity index (χ2v) is 8.52. The van der Waals surface area contributed by atoms with Crippen molar-refractivity contribution in [3.8, 4) is 5.75 Å². The number of nitrogens with zero attached hydrogens (tertiary/aromatic N) is 1. The van der Waals surface area contributed by atoms with Crippen LogP contribution in [-0.4, -0.2) is 29.2 Å². The van der Waals surface area contributed by atoms with Crippen LogP contribution in [0.2, 0.25) is 0 Å². The van der Waals surface area contributed by atoms with Gasteiger partial charge in [-0.1, -0.05) is 44.4 Å². The van der Waals surface area contributed by atoms with Crippen LogP contribution in [0.15, 0.2) is 36.4 Å². The SMILES string of the molecule is CCCCCCOc1ccc2cc(C(N3NC(=O)CC3(C)C)C(F)(F)F)ccc2c1. The maximum absolute atomic E-state index is 14.0. The Morgan fingerprint density at radius 3 is 2.43 bits per heavy atom. The highest BCUT2D eigenvalue weighted by Gasteiger charge is 2.52. The summed E-state index contributed by atoms with van der Waals surface area (Å²) >= 11 is 0. The molecule has 4 nitrogen and oxygen atoms in total. The topological polar surface area (TPSA) is 41.6 Å². The van der Waals surface area contributed by atoms with Crippen LogP contribution in [0, 0.1) is 0 Å². The number of benzene rings is 2. The molecule has 2 aromatic rings. The van der Waals surface area contributed by atoms with Crippen LogP contribution in [0.5, 0.6) is 5.75 Å². The van der Waals surface area contributed by atoms with E-state index >= 15 is 0 Å². The third-order valence-corrected chi connectivity index (χ3v) is 5.48. The van der Waals surface area contributed by atoms with Crippen molar-refractivity contribution >= 4 is 16.7 Å². The maximum Gasteiger partial charge on any atom is 0.409 e. The molecule has 1 fully saturated rings. The quantitative estimate of drug-likeness (QED) is 0.537. The van der Waals surface area contributed by atoms with Crippen LogP contribution in [0.3, 0.4) is 0 Å². The summed E-state index contributed by atoms with van der Waals surface area (Å²) in [6, 6.07) is 8.20. The number of rotatable bonds is 8. The summed E-state index contributed by atoms with van der Waals surface area (Å²) in [5, 5.41) is 2.54. The van der Waals surface area contributed by atoms with Crippen molar-refractivity contribution in [1.29, 1.82) is 0 Å². The molecule has 2 aromatic carbocycles. The van der Waals surface area contributed by atoms with Crippen LogP contribution in [-0.2, 0) is 4.79 Å². The molecule has 0 aliphatic carbocycles. The Hall–Kier alpha value is -2.28. The number of ether oxygens (including phenoxy) is 1. The molecule has 1 heterocycles. The number of hydrogen-bond acceptors (Lipinski definition) is 3. The van der Waals surface area contributed by atoms with E-state index in [9.17, 15) is 18.0 Å². The first kappa shape index (κ1) is 22.4. The fourth-order valence-electron chi connectivity index (χ4n) is 3.92. The first-order valence-electron chi connectivity index (χ1n) is 10.4. The number of nitrogens with one attached hydrogen (secondary N) is 1. The third kappa shape index (κ3) is 5.06. The minimum absolute atomic E-state index is 0.0200. The predicted molar refractivity (Wildman–Crippen MR) is 111 cm³/mol. The highest BCUT2D eigenvalue weighted by atomic mass is 19.4. The molecule has 30 heavy (non-hydrogen) atoms. The molecule has 1 N–H and O–H groups in total. The van der Waals surface area contributed by atoms with Gasteiger partial charge < -0.3 is 4.74 Å². The van der Waals surface area contributed by atoms with Crippen LogP contribution in [0.1, 0.15) is 64.5 Å². The van der Waals surface area contributed by atoms with Gasteiger partial charge in [0.15, 0.2) is 6.04 Å². The summed E-state index contributed by atoms with van der Waals surface area (Å²) in [4.78, 5) is 11.8. The van der Waals surface area contributed by atoms with E-state index in [1.165, 1.54) is 12.5 Å². The van der Waals surface area contributed by atoms with Crippen molar-refractivity contribution in [1.82, 2.24) is 10.4 Å². The Morgan fingerprint density at radius 2 is 1.80 bits per heavy atom. The number of unbranched alkanes of at least 4 members (excludes halogenated alkanes) is 3. The molecule has 0 spiro atoms. The number of fused-ring (bicyclic) bond motifs is 1. The summed E-state index contributed by atoms with van der Waals surface area (Å²) in [5.74, 6) is 0.308. The third-order valence-electron chi connectivity index (χ3n) is 5.48. The van der Waals surface area contributed by atoms with Gasteiger partial charge in [-0.05, 0) is 54.8 Å². The lowest BCUT2D eigenvalue weighted by Gasteiger charge is -2.38. The van der Waals surface area contributed by atoms with Gasteiger partial charge >= 0.3 is 6.18 Å². The average molecular weight is 422 g/mol. The van der Waals surface area contributed by atoms with Crippen molar-refractivity contribution in [2.45, 2.75) is 70.6 Å². The van der Waals surface area contributed by atoms with Crippen molar-refractivity contribution in [2.24, 2.45) is 0 Å². The highest BCUT2D eigenvalue weighted by molar-refractivity contribution is 5.85. The van der Waals surface area contributed by atoms with Crippen molar-refractivity contribution in [2.75, 3.05) is 6.61 Å². The van der Waals surface area contributed by atoms with Gasteiger partial charge in [-0.25, -0.2) is 0 Å². The maximum atomic E-state index is 14.0. The van der Waals surface area contributed by atoms with Gasteiger partial charge in [0.05, 0.1) is 6.61 Å². The molecule has 7 heteroatoms. The van der Waals surface area contributed by atoms with E-state index in [0.29, 0.717) is 17.7 Å². The molecule has 1 aliphatic heterocycles. The normalized spacial score (nSPS) is 17.9. The van der Waals surface area contributed by atoms with Gasteiger partial charge in [0.2, 0.25) is 5.91 Å². The number of carbonyl (C=O) groups is 1. The molecule has 3 rings (SSSR count). The second kappa shape index (κ2) is 8.84. The van der Waals surface area contributed by atoms with Crippen molar-refractivity contribution in [3.63, 3.8) is 0 Å². The lowest BCUT2D eigenvalue weighted by Crippen LogP contribution is -2.51. The highest BCUT2D eigenvalue weighted by Crippen LogP contribution is 2.43. The number of amides is 1. The van der Waals surface area contributed by atoms with Crippen LogP contribution in [0.25, 0.3) is 10.8 Å². The zero-order valence-corrected chi connectivity index (χ0v) is 17.7. The van der Waals surface area contributed by atoms with Crippen molar-refractivity contribution < 1.29 is 22.7 Å². The molecule has 1 amide bonds. The standard InChI is InChI=1S/C23H29F3N2O2/c1-4-5-6-7-12-30-19-11-10-16-13-18(9-8-17(16)14-19)21(23(24,25)26)28-22(2,3)15-20(29)27-28/h8-11,13-14,21H,4-7,12,15H2,1-3H3,(H,27,29). The van der Waals surface area contributed by atoms with E-state index in [1.54, 1.807) is 38.1 Å². The number of hydrogen-bond donors (Lipinski definition) is 1. The van der Waals surface area contributed by atoms with E-state index in [0.717, 1.165) is 29.7 Å². The number of alkyl halides is 3. The Labute approximate surface area is 175 Å². The van der Waals surface area contributed by atoms with Gasteiger partial charge in [0.25, 0.3) is 0 Å². The Bertz CT molecular complexity index is 896. The molecular formula is C23H29F3N2O2.